The van der Waals surface area contributed by atoms with E-state index < -0.39 is 0 Å². The first kappa shape index (κ1) is 14.9. The Balaban J connectivity index is 1.90. The highest BCUT2D eigenvalue weighted by molar-refractivity contribution is 5.96. The number of rotatable bonds is 4. The van der Waals surface area contributed by atoms with Crippen LogP contribution in [0.1, 0.15) is 25.8 Å². The van der Waals surface area contributed by atoms with Crippen molar-refractivity contribution >= 4 is 11.9 Å². The molecule has 1 aromatic carbocycles. The van der Waals surface area contributed by atoms with Gasteiger partial charge in [0.1, 0.15) is 11.5 Å². The number of hydrogen-bond donors (Lipinski definition) is 0. The highest BCUT2D eigenvalue weighted by atomic mass is 16.5. The highest BCUT2D eigenvalue weighted by Gasteiger charge is 2.54. The van der Waals surface area contributed by atoms with E-state index in [-0.39, 0.29) is 17.1 Å². The van der Waals surface area contributed by atoms with Crippen LogP contribution in [0.5, 0.6) is 11.5 Å². The first-order valence-corrected chi connectivity index (χ1v) is 7.63. The number of carbonyl (C=O) groups is 1. The molecule has 0 amide bonds. The van der Waals surface area contributed by atoms with E-state index in [9.17, 15) is 4.79 Å². The quantitative estimate of drug-likeness (QED) is 0.846. The molecule has 3 aliphatic rings. The third-order valence-electron chi connectivity index (χ3n) is 5.21. The van der Waals surface area contributed by atoms with Crippen molar-refractivity contribution in [2.24, 2.45) is 17.3 Å². The predicted molar refractivity (Wildman–Crippen MR) is 87.0 cm³/mol. The first-order chi connectivity index (χ1) is 10.5. The molecule has 0 heterocycles. The Kier molecular flexibility index (Phi) is 3.59. The summed E-state index contributed by atoms with van der Waals surface area (Å²) in [6, 6.07) is 5.71. The number of methoxy groups -OCH3 is 2. The van der Waals surface area contributed by atoms with E-state index in [1.165, 1.54) is 0 Å². The molecule has 0 aliphatic heterocycles. The molecule has 0 radical (unpaired) electrons. The van der Waals surface area contributed by atoms with Gasteiger partial charge in [-0.2, -0.15) is 0 Å². The average Bonchev–Trinajstić information content (AvgIpc) is 2.51. The summed E-state index contributed by atoms with van der Waals surface area (Å²) in [5.41, 5.74) is 2.17. The van der Waals surface area contributed by atoms with Gasteiger partial charge in [0.2, 0.25) is 0 Å². The van der Waals surface area contributed by atoms with E-state index in [2.05, 4.69) is 19.9 Å². The van der Waals surface area contributed by atoms with Crippen molar-refractivity contribution in [1.29, 1.82) is 0 Å². The van der Waals surface area contributed by atoms with E-state index in [4.69, 9.17) is 9.47 Å². The summed E-state index contributed by atoms with van der Waals surface area (Å²) in [6.07, 6.45) is 6.86. The molecule has 0 aromatic heterocycles. The fraction of sp³-hybridized carbons (Fsp3) is 0.421. The number of fused-ring (bicyclic) bond motifs is 1. The molecule has 0 spiro atoms. The maximum absolute atomic E-state index is 12.1. The molecule has 4 rings (SSSR count). The van der Waals surface area contributed by atoms with Gasteiger partial charge in [0.05, 0.1) is 14.2 Å². The fourth-order valence-electron chi connectivity index (χ4n) is 3.66. The summed E-state index contributed by atoms with van der Waals surface area (Å²) in [5, 5.41) is 0. The summed E-state index contributed by atoms with van der Waals surface area (Å²) in [5.74, 6) is 2.54. The van der Waals surface area contributed by atoms with E-state index in [1.54, 1.807) is 14.2 Å². The van der Waals surface area contributed by atoms with Gasteiger partial charge in [0.25, 0.3) is 0 Å². The van der Waals surface area contributed by atoms with Crippen LogP contribution in [0.2, 0.25) is 0 Å². The molecule has 3 nitrogen and oxygen atoms in total. The van der Waals surface area contributed by atoms with E-state index in [1.807, 2.05) is 30.4 Å². The molecule has 22 heavy (non-hydrogen) atoms. The van der Waals surface area contributed by atoms with Crippen LogP contribution in [0.25, 0.3) is 6.08 Å². The van der Waals surface area contributed by atoms with Gasteiger partial charge in [-0.25, -0.2) is 0 Å². The molecular weight excluding hydrogens is 276 g/mol. The van der Waals surface area contributed by atoms with Gasteiger partial charge >= 0.3 is 0 Å². The van der Waals surface area contributed by atoms with E-state index in [0.29, 0.717) is 5.92 Å². The highest BCUT2D eigenvalue weighted by Crippen LogP contribution is 2.58. The van der Waals surface area contributed by atoms with Crippen molar-refractivity contribution in [1.82, 2.24) is 0 Å². The zero-order valence-electron chi connectivity index (χ0n) is 13.6. The molecule has 0 N–H and O–H groups in total. The molecule has 2 atom stereocenters. The molecule has 1 aromatic rings. The van der Waals surface area contributed by atoms with E-state index in [0.717, 1.165) is 29.1 Å². The van der Waals surface area contributed by atoms with Crippen LogP contribution < -0.4 is 9.47 Å². The van der Waals surface area contributed by atoms with Gasteiger partial charge in [0, 0.05) is 11.5 Å². The van der Waals surface area contributed by atoms with Crippen LogP contribution in [0.15, 0.2) is 35.9 Å². The lowest BCUT2D eigenvalue weighted by Gasteiger charge is -2.54. The molecule has 3 aliphatic carbocycles. The summed E-state index contributed by atoms with van der Waals surface area (Å²) < 4.78 is 10.7. The second kappa shape index (κ2) is 5.31. The fourth-order valence-corrected chi connectivity index (χ4v) is 3.66. The average molecular weight is 298 g/mol. The lowest BCUT2D eigenvalue weighted by molar-refractivity contribution is -0.133. The minimum atomic E-state index is 0.0873. The normalized spacial score (nSPS) is 25.6. The van der Waals surface area contributed by atoms with Crippen LogP contribution in [0, 0.1) is 17.3 Å². The Morgan fingerprint density at radius 3 is 2.50 bits per heavy atom. The SMILES string of the molecule is COc1ccc(OC)c(C=CC2=CC(=O)[C@H]3C[C@@H]2C3(C)C)c1. The largest absolute Gasteiger partial charge is 0.497 e. The van der Waals surface area contributed by atoms with Crippen molar-refractivity contribution < 1.29 is 14.3 Å². The second-order valence-corrected chi connectivity index (χ2v) is 6.65. The van der Waals surface area contributed by atoms with Crippen molar-refractivity contribution in [3.63, 3.8) is 0 Å². The molecule has 1 saturated carbocycles. The van der Waals surface area contributed by atoms with Gasteiger partial charge in [0.15, 0.2) is 5.78 Å². The zero-order chi connectivity index (χ0) is 15.9. The van der Waals surface area contributed by atoms with Gasteiger partial charge in [-0.15, -0.1) is 0 Å². The number of carbonyl (C=O) groups excluding carboxylic acids is 1. The second-order valence-electron chi connectivity index (χ2n) is 6.65. The van der Waals surface area contributed by atoms with Crippen LogP contribution in [0.4, 0.5) is 0 Å². The van der Waals surface area contributed by atoms with Gasteiger partial charge < -0.3 is 9.47 Å². The van der Waals surface area contributed by atoms with Gasteiger partial charge in [-0.05, 0) is 47.6 Å². The van der Waals surface area contributed by atoms with Crippen LogP contribution in [0.3, 0.4) is 0 Å². The third kappa shape index (κ3) is 2.25. The number of hydrogen-bond acceptors (Lipinski definition) is 3. The monoisotopic (exact) mass is 298 g/mol. The molecule has 2 bridgehead atoms. The Labute approximate surface area is 131 Å². The maximum atomic E-state index is 12.1. The number of ketones is 1. The topological polar surface area (TPSA) is 35.5 Å². The Morgan fingerprint density at radius 2 is 1.91 bits per heavy atom. The molecule has 1 fully saturated rings. The predicted octanol–water partition coefficient (Wildman–Crippen LogP) is 3.89. The Hall–Kier alpha value is -2.03. The molecule has 116 valence electrons. The molecule has 3 heteroatoms. The Morgan fingerprint density at radius 1 is 1.14 bits per heavy atom. The van der Waals surface area contributed by atoms with Crippen molar-refractivity contribution in [3.8, 4) is 11.5 Å². The maximum Gasteiger partial charge on any atom is 0.159 e. The first-order valence-electron chi connectivity index (χ1n) is 7.63. The van der Waals surface area contributed by atoms with Gasteiger partial charge in [-0.1, -0.05) is 26.0 Å². The summed E-state index contributed by atoms with van der Waals surface area (Å²) in [6.45, 7) is 4.38. The van der Waals surface area contributed by atoms with Crippen LogP contribution >= 0.6 is 0 Å². The van der Waals surface area contributed by atoms with Crippen molar-refractivity contribution in [2.45, 2.75) is 20.3 Å². The minimum Gasteiger partial charge on any atom is -0.497 e. The minimum absolute atomic E-state index is 0.0873. The third-order valence-corrected chi connectivity index (χ3v) is 5.21. The number of benzene rings is 1. The van der Waals surface area contributed by atoms with Crippen molar-refractivity contribution in [3.05, 3.63) is 41.5 Å². The Bertz CT molecular complexity index is 667. The number of ether oxygens (including phenoxy) is 2. The van der Waals surface area contributed by atoms with Crippen molar-refractivity contribution in [2.75, 3.05) is 14.2 Å². The molecule has 0 unspecified atom stereocenters. The lowest BCUT2D eigenvalue weighted by atomic mass is 9.48. The van der Waals surface area contributed by atoms with Crippen LogP contribution in [-0.4, -0.2) is 20.0 Å². The molecule has 0 saturated heterocycles. The smallest absolute Gasteiger partial charge is 0.159 e. The van der Waals surface area contributed by atoms with E-state index >= 15 is 0 Å². The summed E-state index contributed by atoms with van der Waals surface area (Å²) in [7, 11) is 3.30. The summed E-state index contributed by atoms with van der Waals surface area (Å²) >= 11 is 0. The number of allylic oxidation sites excluding steroid dienone is 3. The standard InChI is InChI=1S/C19H22O3/c1-19(2)15-11-16(19)17(20)10-12(15)5-6-13-9-14(21-3)7-8-18(13)22-4/h5-10,15-16H,11H2,1-4H3/t15-,16+/m0/s1. The lowest BCUT2D eigenvalue weighted by Crippen LogP contribution is -2.52. The van der Waals surface area contributed by atoms with Gasteiger partial charge in [-0.3, -0.25) is 4.79 Å². The summed E-state index contributed by atoms with van der Waals surface area (Å²) in [4.78, 5) is 12.1. The molecular formula is C19H22O3. The van der Waals surface area contributed by atoms with Crippen LogP contribution in [-0.2, 0) is 4.79 Å². The zero-order valence-corrected chi connectivity index (χ0v) is 13.6.